The fraction of sp³-hybridized carbons (Fsp3) is 0.241. The van der Waals surface area contributed by atoms with Crippen LogP contribution in [0.2, 0.25) is 0 Å². The van der Waals surface area contributed by atoms with Crippen LogP contribution in [0.5, 0.6) is 5.75 Å². The Morgan fingerprint density at radius 3 is 2.39 bits per heavy atom. The van der Waals surface area contributed by atoms with Gasteiger partial charge in [0, 0.05) is 38.4 Å². The maximum Gasteiger partial charge on any atom is 0.254 e. The molecule has 1 amide bonds. The largest absolute Gasteiger partial charge is 0.508 e. The fourth-order valence-corrected chi connectivity index (χ4v) is 5.33. The van der Waals surface area contributed by atoms with Gasteiger partial charge in [-0.3, -0.25) is 14.3 Å². The van der Waals surface area contributed by atoms with E-state index in [9.17, 15) is 9.90 Å². The van der Waals surface area contributed by atoms with E-state index < -0.39 is 0 Å². The Bertz CT molecular complexity index is 1430. The highest BCUT2D eigenvalue weighted by molar-refractivity contribution is 5.98. The van der Waals surface area contributed by atoms with E-state index in [1.165, 1.54) is 5.56 Å². The summed E-state index contributed by atoms with van der Waals surface area (Å²) in [5, 5.41) is 13.3. The molecule has 3 aromatic carbocycles. The minimum Gasteiger partial charge on any atom is -0.508 e. The molecule has 7 heteroatoms. The number of fused-ring (bicyclic) bond motifs is 3. The summed E-state index contributed by atoms with van der Waals surface area (Å²) in [5.41, 5.74) is 5.59. The average Bonchev–Trinajstić information content (AvgIpc) is 3.27. The standard InChI is InChI=1S/C29H29N5O2/c1-20-26(28(36)33-17-15-32(16-18-33)19-21-7-3-2-4-8-21)27(22-11-13-23(35)14-12-22)34-25-10-6-5-9-24(25)31-29(34)30-20/h2-14,27,35H,15-19H2,1H3,(H,30,31). The minimum atomic E-state index is -0.343. The summed E-state index contributed by atoms with van der Waals surface area (Å²) < 4.78 is 2.10. The molecule has 1 aromatic heterocycles. The monoisotopic (exact) mass is 479 g/mol. The van der Waals surface area contributed by atoms with Crippen molar-refractivity contribution in [2.24, 2.45) is 0 Å². The first-order valence-corrected chi connectivity index (χ1v) is 12.4. The SMILES string of the molecule is CC1=C(C(=O)N2CCN(Cc3ccccc3)CC2)C(c2ccc(O)cc2)n2c(nc3ccccc32)N1. The number of aromatic hydroxyl groups is 1. The van der Waals surface area contributed by atoms with Crippen molar-refractivity contribution in [2.45, 2.75) is 19.5 Å². The summed E-state index contributed by atoms with van der Waals surface area (Å²) in [7, 11) is 0. The summed E-state index contributed by atoms with van der Waals surface area (Å²) in [6.45, 7) is 5.89. The molecule has 0 bridgehead atoms. The number of hydrogen-bond donors (Lipinski definition) is 2. The van der Waals surface area contributed by atoms with Gasteiger partial charge in [0.15, 0.2) is 0 Å². The number of para-hydroxylation sites is 2. The van der Waals surface area contributed by atoms with Crippen LogP contribution in [0.1, 0.15) is 24.1 Å². The van der Waals surface area contributed by atoms with E-state index in [1.807, 2.05) is 54.3 Å². The molecule has 182 valence electrons. The van der Waals surface area contributed by atoms with Crippen molar-refractivity contribution in [1.29, 1.82) is 0 Å². The van der Waals surface area contributed by atoms with Crippen LogP contribution in [0.3, 0.4) is 0 Å². The summed E-state index contributed by atoms with van der Waals surface area (Å²) in [5.74, 6) is 0.961. The summed E-state index contributed by atoms with van der Waals surface area (Å²) >= 11 is 0. The van der Waals surface area contributed by atoms with Crippen molar-refractivity contribution in [2.75, 3.05) is 31.5 Å². The number of phenols is 1. The molecule has 36 heavy (non-hydrogen) atoms. The van der Waals surface area contributed by atoms with Crippen molar-refractivity contribution >= 4 is 22.9 Å². The number of phenolic OH excluding ortho intramolecular Hbond substituents is 1. The van der Waals surface area contributed by atoms with E-state index in [2.05, 4.69) is 39.0 Å². The highest BCUT2D eigenvalue weighted by atomic mass is 16.3. The average molecular weight is 480 g/mol. The van der Waals surface area contributed by atoms with Crippen molar-refractivity contribution in [3.8, 4) is 5.75 Å². The van der Waals surface area contributed by atoms with Gasteiger partial charge in [-0.05, 0) is 42.3 Å². The van der Waals surface area contributed by atoms with Crippen LogP contribution in [-0.2, 0) is 11.3 Å². The zero-order chi connectivity index (χ0) is 24.6. The van der Waals surface area contributed by atoms with Crippen LogP contribution in [0.25, 0.3) is 11.0 Å². The molecule has 7 nitrogen and oxygen atoms in total. The molecule has 1 fully saturated rings. The van der Waals surface area contributed by atoms with Gasteiger partial charge in [-0.1, -0.05) is 54.6 Å². The highest BCUT2D eigenvalue weighted by Gasteiger charge is 2.36. The summed E-state index contributed by atoms with van der Waals surface area (Å²) in [4.78, 5) is 23.2. The third-order valence-electron chi connectivity index (χ3n) is 7.18. The Labute approximate surface area is 210 Å². The van der Waals surface area contributed by atoms with Crippen molar-refractivity contribution in [3.05, 3.63) is 101 Å². The van der Waals surface area contributed by atoms with Crippen molar-refractivity contribution in [3.63, 3.8) is 0 Å². The number of benzene rings is 3. The van der Waals surface area contributed by atoms with Crippen LogP contribution in [0, 0.1) is 0 Å². The minimum absolute atomic E-state index is 0.0425. The number of carbonyl (C=O) groups excluding carboxylic acids is 1. The van der Waals surface area contributed by atoms with E-state index in [4.69, 9.17) is 4.98 Å². The molecule has 1 atom stereocenters. The third kappa shape index (κ3) is 4.01. The van der Waals surface area contributed by atoms with E-state index in [0.29, 0.717) is 18.7 Å². The topological polar surface area (TPSA) is 73.6 Å². The number of rotatable bonds is 4. The molecule has 0 spiro atoms. The lowest BCUT2D eigenvalue weighted by molar-refractivity contribution is -0.129. The highest BCUT2D eigenvalue weighted by Crippen LogP contribution is 2.40. The number of anilines is 1. The number of amides is 1. The zero-order valence-electron chi connectivity index (χ0n) is 20.3. The first kappa shape index (κ1) is 22.4. The van der Waals surface area contributed by atoms with E-state index in [1.54, 1.807) is 12.1 Å². The molecule has 3 heterocycles. The molecule has 0 radical (unpaired) electrons. The quantitative estimate of drug-likeness (QED) is 0.455. The Balaban J connectivity index is 1.31. The van der Waals surface area contributed by atoms with E-state index in [0.717, 1.165) is 47.9 Å². The lowest BCUT2D eigenvalue weighted by Crippen LogP contribution is -2.49. The molecule has 1 saturated heterocycles. The molecular formula is C29H29N5O2. The van der Waals surface area contributed by atoms with Crippen LogP contribution >= 0.6 is 0 Å². The van der Waals surface area contributed by atoms with Crippen molar-refractivity contribution in [1.82, 2.24) is 19.4 Å². The van der Waals surface area contributed by atoms with Crippen LogP contribution in [0.4, 0.5) is 5.95 Å². The van der Waals surface area contributed by atoms with Gasteiger partial charge in [0.25, 0.3) is 5.91 Å². The second kappa shape index (κ2) is 9.17. The first-order chi connectivity index (χ1) is 17.6. The van der Waals surface area contributed by atoms with Gasteiger partial charge in [0.05, 0.1) is 22.6 Å². The predicted octanol–water partition coefficient (Wildman–Crippen LogP) is 4.38. The Morgan fingerprint density at radius 1 is 0.944 bits per heavy atom. The molecule has 6 rings (SSSR count). The first-order valence-electron chi connectivity index (χ1n) is 12.4. The molecule has 2 aliphatic heterocycles. The van der Waals surface area contributed by atoms with Gasteiger partial charge in [0.1, 0.15) is 5.75 Å². The summed E-state index contributed by atoms with van der Waals surface area (Å²) in [6, 6.07) is 25.2. The molecule has 4 aromatic rings. The van der Waals surface area contributed by atoms with Crippen molar-refractivity contribution < 1.29 is 9.90 Å². The molecule has 2 aliphatic rings. The molecular weight excluding hydrogens is 450 g/mol. The Hall–Kier alpha value is -4.10. The lowest BCUT2D eigenvalue weighted by atomic mass is 9.93. The van der Waals surface area contributed by atoms with Gasteiger partial charge in [-0.2, -0.15) is 0 Å². The third-order valence-corrected chi connectivity index (χ3v) is 7.18. The molecule has 1 unspecified atom stereocenters. The second-order valence-corrected chi connectivity index (χ2v) is 9.51. The lowest BCUT2D eigenvalue weighted by Gasteiger charge is -2.38. The van der Waals surface area contributed by atoms with Gasteiger partial charge in [0.2, 0.25) is 5.95 Å². The number of nitrogens with zero attached hydrogens (tertiary/aromatic N) is 4. The maximum atomic E-state index is 14.1. The number of piperazine rings is 1. The molecule has 0 aliphatic carbocycles. The van der Waals surface area contributed by atoms with Gasteiger partial charge in [-0.25, -0.2) is 4.98 Å². The number of carbonyl (C=O) groups is 1. The predicted molar refractivity (Wildman–Crippen MR) is 141 cm³/mol. The van der Waals surface area contributed by atoms with E-state index >= 15 is 0 Å². The number of nitrogens with one attached hydrogen (secondary N) is 1. The number of allylic oxidation sites excluding steroid dienone is 1. The summed E-state index contributed by atoms with van der Waals surface area (Å²) in [6.07, 6.45) is 0. The number of hydrogen-bond acceptors (Lipinski definition) is 5. The van der Waals surface area contributed by atoms with Crippen LogP contribution < -0.4 is 5.32 Å². The second-order valence-electron chi connectivity index (χ2n) is 9.51. The van der Waals surface area contributed by atoms with Crippen LogP contribution in [-0.4, -0.2) is 56.5 Å². The number of aromatic nitrogens is 2. The zero-order valence-corrected chi connectivity index (χ0v) is 20.3. The smallest absolute Gasteiger partial charge is 0.254 e. The molecule has 0 saturated carbocycles. The van der Waals surface area contributed by atoms with Gasteiger partial charge < -0.3 is 15.3 Å². The fourth-order valence-electron chi connectivity index (χ4n) is 5.33. The number of imidazole rings is 1. The molecule has 2 N–H and O–H groups in total. The van der Waals surface area contributed by atoms with E-state index in [-0.39, 0.29) is 17.7 Å². The van der Waals surface area contributed by atoms with Crippen LogP contribution in [0.15, 0.2) is 90.1 Å². The Morgan fingerprint density at radius 2 is 1.64 bits per heavy atom. The maximum absolute atomic E-state index is 14.1. The van der Waals surface area contributed by atoms with Gasteiger partial charge >= 0.3 is 0 Å². The van der Waals surface area contributed by atoms with Gasteiger partial charge in [-0.15, -0.1) is 0 Å². The normalized spacial score (nSPS) is 18.2. The Kier molecular flexibility index (Phi) is 5.70.